The number of nitrogens with zero attached hydrogens (tertiary/aromatic N) is 2. The highest BCUT2D eigenvalue weighted by atomic mass is 35.5. The Bertz CT molecular complexity index is 1170. The number of anilines is 2. The summed E-state index contributed by atoms with van der Waals surface area (Å²) < 4.78 is 14.0. The van der Waals surface area contributed by atoms with E-state index in [1.54, 1.807) is 17.2 Å². The molecule has 0 aliphatic carbocycles. The first kappa shape index (κ1) is 19.5. The second kappa shape index (κ2) is 7.37. The van der Waals surface area contributed by atoms with Gasteiger partial charge in [-0.1, -0.05) is 41.9 Å². The number of hydrogen-bond donors (Lipinski definition) is 1. The van der Waals surface area contributed by atoms with Crippen molar-refractivity contribution in [2.75, 3.05) is 9.96 Å². The van der Waals surface area contributed by atoms with Crippen LogP contribution in [-0.2, 0) is 14.4 Å². The second-order valence-corrected chi connectivity index (χ2v) is 7.77. The average molecular weight is 439 g/mol. The summed E-state index contributed by atoms with van der Waals surface area (Å²) in [5, 5.41) is 11.1. The third-order valence-electron chi connectivity index (χ3n) is 5.52. The van der Waals surface area contributed by atoms with Gasteiger partial charge >= 0.3 is 0 Å². The number of carbonyl (C=O) groups excluding carboxylic acids is 2. The maximum atomic E-state index is 14.0. The molecule has 2 aliphatic rings. The Morgan fingerprint density at radius 1 is 0.903 bits per heavy atom. The second-order valence-electron chi connectivity index (χ2n) is 7.36. The minimum Gasteiger partial charge on any atom is -0.508 e. The zero-order valence-corrected chi connectivity index (χ0v) is 16.7. The monoisotopic (exact) mass is 438 g/mol. The van der Waals surface area contributed by atoms with Gasteiger partial charge in [0, 0.05) is 0 Å². The number of para-hydroxylation sites is 1. The van der Waals surface area contributed by atoms with E-state index in [1.165, 1.54) is 24.3 Å². The van der Waals surface area contributed by atoms with Crippen LogP contribution in [0.25, 0.3) is 0 Å². The van der Waals surface area contributed by atoms with E-state index in [-0.39, 0.29) is 16.5 Å². The van der Waals surface area contributed by atoms with Crippen LogP contribution >= 0.6 is 11.6 Å². The Kier molecular flexibility index (Phi) is 4.64. The SMILES string of the molecule is O=C1[C@@H]2[C@@H](c3ccc(O)cc3)N(c3ccccc3)O[C@H]2C(=O)N1c1ccc(Cl)c(F)c1. The van der Waals surface area contributed by atoms with Crippen LogP contribution in [0.4, 0.5) is 15.8 Å². The van der Waals surface area contributed by atoms with E-state index in [0.29, 0.717) is 11.3 Å². The number of halogens is 2. The first-order valence-corrected chi connectivity index (χ1v) is 9.96. The highest BCUT2D eigenvalue weighted by Crippen LogP contribution is 2.47. The standard InChI is InChI=1S/C23H16ClFN2O4/c24-17-11-8-15(12-18(17)25)26-22(29)19-20(13-6-9-16(28)10-7-13)27(31-21(19)23(26)30)14-4-2-1-3-5-14/h1-12,19-21,28H/t19-,20-,21-/m1/s1. The van der Waals surface area contributed by atoms with Gasteiger partial charge in [0.1, 0.15) is 17.5 Å². The number of aromatic hydroxyl groups is 1. The van der Waals surface area contributed by atoms with Gasteiger partial charge in [-0.3, -0.25) is 14.4 Å². The predicted octanol–water partition coefficient (Wildman–Crippen LogP) is 4.24. The number of phenols is 1. The van der Waals surface area contributed by atoms with Gasteiger partial charge in [0.05, 0.1) is 22.4 Å². The Morgan fingerprint density at radius 3 is 2.29 bits per heavy atom. The van der Waals surface area contributed by atoms with Gasteiger partial charge in [-0.15, -0.1) is 0 Å². The predicted molar refractivity (Wildman–Crippen MR) is 112 cm³/mol. The van der Waals surface area contributed by atoms with Crippen molar-refractivity contribution in [2.45, 2.75) is 12.1 Å². The zero-order chi connectivity index (χ0) is 21.7. The van der Waals surface area contributed by atoms with E-state index in [2.05, 4.69) is 0 Å². The number of phenolic OH excluding ortho intramolecular Hbond substituents is 1. The molecule has 1 N–H and O–H groups in total. The summed E-state index contributed by atoms with van der Waals surface area (Å²) in [5.41, 5.74) is 1.48. The molecule has 5 rings (SSSR count). The minimum atomic E-state index is -1.06. The number of rotatable bonds is 3. The Balaban J connectivity index is 1.58. The van der Waals surface area contributed by atoms with Crippen LogP contribution in [0, 0.1) is 11.7 Å². The fraction of sp³-hybridized carbons (Fsp3) is 0.130. The molecule has 8 heteroatoms. The number of hydrogen-bond acceptors (Lipinski definition) is 5. The molecule has 2 aliphatic heterocycles. The van der Waals surface area contributed by atoms with Crippen LogP contribution < -0.4 is 9.96 Å². The van der Waals surface area contributed by atoms with Crippen molar-refractivity contribution in [2.24, 2.45) is 5.92 Å². The molecule has 2 heterocycles. The Morgan fingerprint density at radius 2 is 1.61 bits per heavy atom. The van der Waals surface area contributed by atoms with E-state index >= 15 is 0 Å². The van der Waals surface area contributed by atoms with Crippen LogP contribution in [0.5, 0.6) is 5.75 Å². The fourth-order valence-corrected chi connectivity index (χ4v) is 4.22. The topological polar surface area (TPSA) is 70.1 Å². The lowest BCUT2D eigenvalue weighted by Gasteiger charge is -2.28. The molecule has 0 bridgehead atoms. The molecule has 0 unspecified atom stereocenters. The van der Waals surface area contributed by atoms with Gasteiger partial charge in [0.15, 0.2) is 6.10 Å². The molecule has 156 valence electrons. The first-order chi connectivity index (χ1) is 15.0. The molecule has 2 amide bonds. The normalized spacial score (nSPS) is 22.8. The van der Waals surface area contributed by atoms with Crippen LogP contribution in [0.1, 0.15) is 11.6 Å². The van der Waals surface area contributed by atoms with Gasteiger partial charge in [0.25, 0.3) is 5.91 Å². The smallest absolute Gasteiger partial charge is 0.266 e. The van der Waals surface area contributed by atoms with Gasteiger partial charge < -0.3 is 5.11 Å². The van der Waals surface area contributed by atoms with E-state index in [1.807, 2.05) is 30.3 Å². The minimum absolute atomic E-state index is 0.0811. The van der Waals surface area contributed by atoms with Crippen LogP contribution in [-0.4, -0.2) is 23.0 Å². The van der Waals surface area contributed by atoms with Crippen LogP contribution in [0.2, 0.25) is 5.02 Å². The quantitative estimate of drug-likeness (QED) is 0.619. The highest BCUT2D eigenvalue weighted by molar-refractivity contribution is 6.31. The van der Waals surface area contributed by atoms with E-state index in [9.17, 15) is 19.1 Å². The zero-order valence-electron chi connectivity index (χ0n) is 16.0. The van der Waals surface area contributed by atoms with Gasteiger partial charge in [-0.05, 0) is 48.0 Å². The summed E-state index contributed by atoms with van der Waals surface area (Å²) in [6.07, 6.45) is -1.06. The third-order valence-corrected chi connectivity index (χ3v) is 5.83. The van der Waals surface area contributed by atoms with E-state index in [0.717, 1.165) is 11.0 Å². The molecular formula is C23H16ClFN2O4. The maximum Gasteiger partial charge on any atom is 0.266 e. The molecular weight excluding hydrogens is 423 g/mol. The van der Waals surface area contributed by atoms with Gasteiger partial charge in [-0.25, -0.2) is 14.4 Å². The molecule has 3 aromatic rings. The third kappa shape index (κ3) is 3.13. The largest absolute Gasteiger partial charge is 0.508 e. The molecule has 2 fully saturated rings. The van der Waals surface area contributed by atoms with Crippen molar-refractivity contribution < 1.29 is 23.9 Å². The van der Waals surface area contributed by atoms with Crippen LogP contribution in [0.3, 0.4) is 0 Å². The number of benzene rings is 3. The first-order valence-electron chi connectivity index (χ1n) is 9.58. The van der Waals surface area contributed by atoms with Gasteiger partial charge in [0.2, 0.25) is 5.91 Å². The van der Waals surface area contributed by atoms with Crippen molar-refractivity contribution in [3.8, 4) is 5.75 Å². The number of amides is 2. The summed E-state index contributed by atoms with van der Waals surface area (Å²) >= 11 is 5.74. The molecule has 0 aromatic heterocycles. The Labute approximate surface area is 182 Å². The maximum absolute atomic E-state index is 14.0. The van der Waals surface area contributed by atoms with Gasteiger partial charge in [-0.2, -0.15) is 0 Å². The fourth-order valence-electron chi connectivity index (χ4n) is 4.10. The molecule has 0 spiro atoms. The highest BCUT2D eigenvalue weighted by Gasteiger charge is 2.60. The number of fused-ring (bicyclic) bond motifs is 1. The van der Waals surface area contributed by atoms with Crippen LogP contribution in [0.15, 0.2) is 72.8 Å². The summed E-state index contributed by atoms with van der Waals surface area (Å²) in [4.78, 5) is 33.5. The Hall–Kier alpha value is -3.42. The van der Waals surface area contributed by atoms with Crippen molar-refractivity contribution in [1.29, 1.82) is 0 Å². The lowest BCUT2D eigenvalue weighted by atomic mass is 9.90. The summed E-state index contributed by atoms with van der Waals surface area (Å²) in [7, 11) is 0. The molecule has 2 saturated heterocycles. The van der Waals surface area contributed by atoms with Crippen molar-refractivity contribution in [3.05, 3.63) is 89.2 Å². The summed E-state index contributed by atoms with van der Waals surface area (Å²) in [5.74, 6) is -2.56. The molecule has 3 aromatic carbocycles. The lowest BCUT2D eigenvalue weighted by Crippen LogP contribution is -2.37. The van der Waals surface area contributed by atoms with E-state index < -0.39 is 35.7 Å². The van der Waals surface area contributed by atoms with E-state index in [4.69, 9.17) is 16.4 Å². The molecule has 6 nitrogen and oxygen atoms in total. The number of imide groups is 1. The number of hydroxylamine groups is 1. The summed E-state index contributed by atoms with van der Waals surface area (Å²) in [6, 6.07) is 18.7. The molecule has 0 radical (unpaired) electrons. The molecule has 31 heavy (non-hydrogen) atoms. The number of carbonyl (C=O) groups is 2. The molecule has 0 saturated carbocycles. The summed E-state index contributed by atoms with van der Waals surface area (Å²) in [6.45, 7) is 0. The van der Waals surface area contributed by atoms with Crippen molar-refractivity contribution in [3.63, 3.8) is 0 Å². The van der Waals surface area contributed by atoms with Crippen molar-refractivity contribution in [1.82, 2.24) is 0 Å². The van der Waals surface area contributed by atoms with Crippen molar-refractivity contribution >= 4 is 34.8 Å². The molecule has 3 atom stereocenters. The average Bonchev–Trinajstić information content (AvgIpc) is 3.28. The lowest BCUT2D eigenvalue weighted by molar-refractivity contribution is -0.126.